The molecule has 0 aliphatic carbocycles. The summed E-state index contributed by atoms with van der Waals surface area (Å²) in [5.74, 6) is 2.84. The van der Waals surface area contributed by atoms with Crippen LogP contribution in [0.4, 0.5) is 5.69 Å². The average Bonchev–Trinajstić information content (AvgIpc) is 3.19. The van der Waals surface area contributed by atoms with Crippen LogP contribution >= 0.6 is 22.9 Å². The van der Waals surface area contributed by atoms with Gasteiger partial charge in [0.25, 0.3) is 0 Å². The van der Waals surface area contributed by atoms with E-state index in [2.05, 4.69) is 16.2 Å². The fourth-order valence-corrected chi connectivity index (χ4v) is 3.14. The van der Waals surface area contributed by atoms with Gasteiger partial charge in [0.05, 0.1) is 11.3 Å². The van der Waals surface area contributed by atoms with Crippen LogP contribution in [0.15, 0.2) is 28.0 Å². The molecule has 3 heterocycles. The quantitative estimate of drug-likeness (QED) is 0.540. The minimum absolute atomic E-state index is 0.0195. The van der Waals surface area contributed by atoms with Crippen molar-refractivity contribution in [3.05, 3.63) is 44.9 Å². The number of terminal acetylenes is 1. The zero-order chi connectivity index (χ0) is 18.9. The molecule has 0 amide bonds. The molecule has 3 aromatic heterocycles. The largest absolute Gasteiger partial charge is 0.456 e. The highest BCUT2D eigenvalue weighted by Gasteiger charge is 2.19. The first-order chi connectivity index (χ1) is 12.3. The molecule has 0 saturated heterocycles. The smallest absolute Gasteiger partial charge is 0.177 e. The second-order valence-electron chi connectivity index (χ2n) is 4.96. The molecule has 0 aromatic carbocycles. The summed E-state index contributed by atoms with van der Waals surface area (Å²) in [5.41, 5.74) is 7.64. The molecule has 6 heteroatoms. The summed E-state index contributed by atoms with van der Waals surface area (Å²) >= 11 is 7.75. The first-order valence-corrected chi connectivity index (χ1v) is 8.15. The van der Waals surface area contributed by atoms with E-state index < -0.39 is 12.9 Å². The number of rotatable bonds is 5. The molecular weight excluding hydrogens is 330 g/mol. The number of anilines is 1. The fourth-order valence-electron chi connectivity index (χ4n) is 2.30. The lowest BCUT2D eigenvalue weighted by Crippen LogP contribution is -2.17. The van der Waals surface area contributed by atoms with Gasteiger partial charge in [0.15, 0.2) is 5.58 Å². The van der Waals surface area contributed by atoms with Crippen LogP contribution in [0.25, 0.3) is 11.1 Å². The van der Waals surface area contributed by atoms with E-state index in [1.165, 1.54) is 0 Å². The summed E-state index contributed by atoms with van der Waals surface area (Å²) in [6.07, 6.45) is 5.58. The Balaban J connectivity index is 2.00. The second kappa shape index (κ2) is 6.63. The number of pyridine rings is 1. The normalized spacial score (nSPS) is 14.7. The number of hydrogen-bond acceptors (Lipinski definition) is 5. The van der Waals surface area contributed by atoms with E-state index in [1.807, 2.05) is 17.5 Å². The standard InChI is InChI=1S/C17H16ClN3OS/c1-3-12-14(7-10(2)19)22-17-13(8-15(18)21-16(12)17)20-9-11-5-4-6-23-11/h1,4-6,8,10H,7,9,19H2,2H3,(H,20,21)/t10-/m0/s1/i2D3. The number of nitrogens with one attached hydrogen (secondary N) is 1. The molecule has 0 spiro atoms. The van der Waals surface area contributed by atoms with Gasteiger partial charge in [-0.1, -0.05) is 23.6 Å². The Morgan fingerprint density at radius 2 is 2.52 bits per heavy atom. The number of aromatic nitrogens is 1. The second-order valence-corrected chi connectivity index (χ2v) is 6.38. The van der Waals surface area contributed by atoms with E-state index in [-0.39, 0.29) is 11.6 Å². The molecule has 4 nitrogen and oxygen atoms in total. The summed E-state index contributed by atoms with van der Waals surface area (Å²) in [5, 5.41) is 5.51. The molecule has 23 heavy (non-hydrogen) atoms. The highest BCUT2D eigenvalue weighted by molar-refractivity contribution is 7.09. The van der Waals surface area contributed by atoms with E-state index in [9.17, 15) is 0 Å². The number of thiophene rings is 1. The molecule has 0 aliphatic heterocycles. The molecule has 0 bridgehead atoms. The monoisotopic (exact) mass is 348 g/mol. The third-order valence-electron chi connectivity index (χ3n) is 3.27. The lowest BCUT2D eigenvalue weighted by Gasteiger charge is -2.06. The maximum absolute atomic E-state index is 7.44. The molecule has 0 aliphatic rings. The predicted molar refractivity (Wildman–Crippen MR) is 96.0 cm³/mol. The molecule has 118 valence electrons. The van der Waals surface area contributed by atoms with Crippen LogP contribution in [0.5, 0.6) is 0 Å². The van der Waals surface area contributed by atoms with Gasteiger partial charge in [0, 0.05) is 34.1 Å². The van der Waals surface area contributed by atoms with Gasteiger partial charge in [-0.25, -0.2) is 4.98 Å². The SMILES string of the molecule is [2H]C([2H])([2H])[C@H](N)Cc1oc2c(NCc3cccs3)cc(Cl)nc2c1C#C. The number of halogens is 1. The summed E-state index contributed by atoms with van der Waals surface area (Å²) in [6, 6.07) is 4.53. The maximum atomic E-state index is 7.44. The molecular formula is C17H16ClN3OS. The van der Waals surface area contributed by atoms with Crippen LogP contribution in [0.1, 0.15) is 27.2 Å². The number of fused-ring (bicyclic) bond motifs is 1. The van der Waals surface area contributed by atoms with E-state index >= 15 is 0 Å². The maximum Gasteiger partial charge on any atom is 0.177 e. The summed E-state index contributed by atoms with van der Waals surface area (Å²) in [6.45, 7) is -1.72. The summed E-state index contributed by atoms with van der Waals surface area (Å²) in [4.78, 5) is 5.39. The van der Waals surface area contributed by atoms with Gasteiger partial charge in [0.2, 0.25) is 0 Å². The number of hydrogen-bond donors (Lipinski definition) is 2. The van der Waals surface area contributed by atoms with E-state index in [0.29, 0.717) is 34.7 Å². The Hall–Kier alpha value is -2.00. The topological polar surface area (TPSA) is 64.1 Å². The lowest BCUT2D eigenvalue weighted by molar-refractivity contribution is 0.524. The van der Waals surface area contributed by atoms with Crippen molar-refractivity contribution >= 4 is 39.7 Å². The molecule has 3 N–H and O–H groups in total. The highest BCUT2D eigenvalue weighted by atomic mass is 35.5. The van der Waals surface area contributed by atoms with E-state index in [1.54, 1.807) is 17.4 Å². The van der Waals surface area contributed by atoms with Crippen LogP contribution in [-0.2, 0) is 13.0 Å². The van der Waals surface area contributed by atoms with Crippen molar-refractivity contribution in [2.45, 2.75) is 25.9 Å². The van der Waals surface area contributed by atoms with Crippen LogP contribution < -0.4 is 11.1 Å². The van der Waals surface area contributed by atoms with Crippen molar-refractivity contribution in [1.82, 2.24) is 4.98 Å². The van der Waals surface area contributed by atoms with Crippen LogP contribution in [0, 0.1) is 12.3 Å². The Labute approximate surface area is 147 Å². The predicted octanol–water partition coefficient (Wildman–Crippen LogP) is 4.03. The van der Waals surface area contributed by atoms with Crippen molar-refractivity contribution in [1.29, 1.82) is 0 Å². The first kappa shape index (κ1) is 12.4. The highest BCUT2D eigenvalue weighted by Crippen LogP contribution is 2.32. The molecule has 3 rings (SSSR count). The summed E-state index contributed by atoms with van der Waals surface area (Å²) in [7, 11) is 0. The fraction of sp³-hybridized carbons (Fsp3) is 0.235. The Kier molecular flexibility index (Phi) is 3.58. The molecule has 0 radical (unpaired) electrons. The van der Waals surface area contributed by atoms with Gasteiger partial charge in [-0.05, 0) is 18.3 Å². The zero-order valence-corrected chi connectivity index (χ0v) is 13.7. The van der Waals surface area contributed by atoms with Crippen LogP contribution in [0.2, 0.25) is 5.15 Å². The molecule has 3 aromatic rings. The Morgan fingerprint density at radius 3 is 3.22 bits per heavy atom. The van der Waals surface area contributed by atoms with Crippen molar-refractivity contribution < 1.29 is 8.53 Å². The van der Waals surface area contributed by atoms with Crippen LogP contribution in [0.3, 0.4) is 0 Å². The Bertz CT molecular complexity index is 960. The van der Waals surface area contributed by atoms with Crippen molar-refractivity contribution in [2.24, 2.45) is 5.73 Å². The minimum Gasteiger partial charge on any atom is -0.456 e. The van der Waals surface area contributed by atoms with Crippen molar-refractivity contribution in [2.75, 3.05) is 5.32 Å². The molecule has 0 fully saturated rings. The van der Waals surface area contributed by atoms with Crippen molar-refractivity contribution in [3.63, 3.8) is 0 Å². The van der Waals surface area contributed by atoms with Gasteiger partial charge in [-0.15, -0.1) is 17.8 Å². The molecule has 0 unspecified atom stereocenters. The van der Waals surface area contributed by atoms with E-state index in [4.69, 9.17) is 32.3 Å². The zero-order valence-electron chi connectivity index (χ0n) is 15.1. The Morgan fingerprint density at radius 1 is 1.65 bits per heavy atom. The average molecular weight is 349 g/mol. The van der Waals surface area contributed by atoms with Gasteiger partial charge < -0.3 is 15.5 Å². The molecule has 1 atom stereocenters. The first-order valence-electron chi connectivity index (χ1n) is 8.40. The number of nitrogens with two attached hydrogens (primary N) is 1. The lowest BCUT2D eigenvalue weighted by atomic mass is 10.1. The van der Waals surface area contributed by atoms with Gasteiger partial charge in [-0.2, -0.15) is 0 Å². The number of furan rings is 1. The third-order valence-corrected chi connectivity index (χ3v) is 4.34. The van der Waals surface area contributed by atoms with Crippen LogP contribution in [-0.4, -0.2) is 11.0 Å². The molecule has 0 saturated carbocycles. The van der Waals surface area contributed by atoms with Crippen molar-refractivity contribution in [3.8, 4) is 12.3 Å². The number of nitrogens with zero attached hydrogens (tertiary/aromatic N) is 1. The minimum atomic E-state index is -2.31. The third kappa shape index (κ3) is 3.35. The van der Waals surface area contributed by atoms with Gasteiger partial charge >= 0.3 is 0 Å². The van der Waals surface area contributed by atoms with Gasteiger partial charge in [-0.3, -0.25) is 0 Å². The van der Waals surface area contributed by atoms with Gasteiger partial charge in [0.1, 0.15) is 16.4 Å². The van der Waals surface area contributed by atoms with E-state index in [0.717, 1.165) is 4.88 Å². The summed E-state index contributed by atoms with van der Waals surface area (Å²) < 4.78 is 28.2.